The molecule has 172 valence electrons. The molecule has 0 bridgehead atoms. The summed E-state index contributed by atoms with van der Waals surface area (Å²) in [6.07, 6.45) is 6.65. The van der Waals surface area contributed by atoms with Gasteiger partial charge in [0, 0.05) is 35.6 Å². The second-order valence-electron chi connectivity index (χ2n) is 9.73. The second kappa shape index (κ2) is 9.10. The van der Waals surface area contributed by atoms with Crippen LogP contribution in [0.1, 0.15) is 49.0 Å². The van der Waals surface area contributed by atoms with Crippen molar-refractivity contribution in [1.29, 1.82) is 0 Å². The first-order valence-electron chi connectivity index (χ1n) is 11.4. The predicted octanol–water partition coefficient (Wildman–Crippen LogP) is 5.75. The first-order valence-corrected chi connectivity index (χ1v) is 14.9. The number of benzene rings is 1. The van der Waals surface area contributed by atoms with Gasteiger partial charge in [-0.3, -0.25) is 9.78 Å². The highest BCUT2D eigenvalue weighted by Gasteiger charge is 2.40. The summed E-state index contributed by atoms with van der Waals surface area (Å²) in [6, 6.07) is 5.38. The minimum absolute atomic E-state index is 0.128. The maximum Gasteiger partial charge on any atom is 0.298 e. The van der Waals surface area contributed by atoms with Crippen LogP contribution in [0.4, 0.5) is 8.78 Å². The maximum atomic E-state index is 14.7. The van der Waals surface area contributed by atoms with E-state index in [1.165, 1.54) is 6.07 Å². The van der Waals surface area contributed by atoms with Crippen LogP contribution in [0.3, 0.4) is 0 Å². The SMILES string of the molecule is CCCC[C@H]1Cc2c([nH]c3c(F)cc(F)cc23)[C@H](c2cccnc2)N1C(=O)C#C[Si](C)(C)C. The van der Waals surface area contributed by atoms with Crippen molar-refractivity contribution >= 4 is 24.9 Å². The average Bonchev–Trinajstić information content (AvgIpc) is 3.13. The van der Waals surface area contributed by atoms with Gasteiger partial charge in [-0.05, 0) is 42.0 Å². The summed E-state index contributed by atoms with van der Waals surface area (Å²) in [5.74, 6) is 1.44. The van der Waals surface area contributed by atoms with Crippen molar-refractivity contribution in [2.24, 2.45) is 0 Å². The Hall–Kier alpha value is -2.98. The average molecular weight is 466 g/mol. The van der Waals surface area contributed by atoms with Crippen LogP contribution in [0.15, 0.2) is 36.7 Å². The monoisotopic (exact) mass is 465 g/mol. The quantitative estimate of drug-likeness (QED) is 0.394. The molecule has 1 aliphatic heterocycles. The van der Waals surface area contributed by atoms with Gasteiger partial charge in [-0.2, -0.15) is 0 Å². The number of halogens is 2. The molecular weight excluding hydrogens is 436 g/mol. The lowest BCUT2D eigenvalue weighted by atomic mass is 9.86. The highest BCUT2D eigenvalue weighted by molar-refractivity contribution is 6.84. The van der Waals surface area contributed by atoms with E-state index in [2.05, 4.69) is 48.0 Å². The molecule has 1 N–H and O–H groups in total. The standard InChI is InChI=1S/C26H29F2N3OSi/c1-5-6-9-19-15-21-20-13-18(27)14-22(28)24(20)30-25(21)26(17-8-7-11-29-16-17)31(19)23(32)10-12-33(2,3)4/h7-8,11,13-14,16,19,26,30H,5-6,9,15H2,1-4H3/t19-,26-/m0/s1. The summed E-state index contributed by atoms with van der Waals surface area (Å²) in [5.41, 5.74) is 5.85. The van der Waals surface area contributed by atoms with Gasteiger partial charge in [0.1, 0.15) is 25.8 Å². The molecule has 7 heteroatoms. The fourth-order valence-corrected chi connectivity index (χ4v) is 5.05. The summed E-state index contributed by atoms with van der Waals surface area (Å²) in [4.78, 5) is 22.9. The Balaban J connectivity index is 1.94. The van der Waals surface area contributed by atoms with Gasteiger partial charge in [0.15, 0.2) is 0 Å². The molecule has 0 fully saturated rings. The van der Waals surface area contributed by atoms with Gasteiger partial charge in [-0.15, -0.1) is 5.54 Å². The van der Waals surface area contributed by atoms with Crippen LogP contribution >= 0.6 is 0 Å². The number of hydrogen-bond acceptors (Lipinski definition) is 2. The van der Waals surface area contributed by atoms with E-state index < -0.39 is 25.8 Å². The number of aromatic nitrogens is 2. The number of carbonyl (C=O) groups excluding carboxylic acids is 1. The lowest BCUT2D eigenvalue weighted by Crippen LogP contribution is -2.47. The van der Waals surface area contributed by atoms with Crippen molar-refractivity contribution in [3.63, 3.8) is 0 Å². The van der Waals surface area contributed by atoms with Crippen molar-refractivity contribution in [2.45, 2.75) is 64.3 Å². The number of hydrogen-bond donors (Lipinski definition) is 1. The van der Waals surface area contributed by atoms with Gasteiger partial charge in [-0.25, -0.2) is 8.78 Å². The minimum Gasteiger partial charge on any atom is -0.354 e. The maximum absolute atomic E-state index is 14.7. The smallest absolute Gasteiger partial charge is 0.298 e. The van der Waals surface area contributed by atoms with Crippen LogP contribution in [-0.2, 0) is 11.2 Å². The van der Waals surface area contributed by atoms with Crippen LogP contribution in [0.5, 0.6) is 0 Å². The van der Waals surface area contributed by atoms with Gasteiger partial charge in [-0.1, -0.05) is 45.5 Å². The van der Waals surface area contributed by atoms with E-state index >= 15 is 0 Å². The minimum atomic E-state index is -1.76. The molecule has 0 spiro atoms. The summed E-state index contributed by atoms with van der Waals surface area (Å²) >= 11 is 0. The molecule has 1 amide bonds. The fraction of sp³-hybridized carbons (Fsp3) is 0.385. The number of aromatic amines is 1. The Morgan fingerprint density at radius 3 is 2.76 bits per heavy atom. The van der Waals surface area contributed by atoms with Gasteiger partial charge in [0.05, 0.1) is 5.52 Å². The van der Waals surface area contributed by atoms with Crippen molar-refractivity contribution < 1.29 is 13.6 Å². The molecule has 4 rings (SSSR count). The largest absolute Gasteiger partial charge is 0.354 e. The predicted molar refractivity (Wildman–Crippen MR) is 129 cm³/mol. The van der Waals surface area contributed by atoms with Crippen LogP contribution in [0.2, 0.25) is 19.6 Å². The van der Waals surface area contributed by atoms with Crippen molar-refractivity contribution in [2.75, 3.05) is 0 Å². The fourth-order valence-electron chi connectivity index (χ4n) is 4.57. The van der Waals surface area contributed by atoms with E-state index in [4.69, 9.17) is 0 Å². The normalized spacial score (nSPS) is 18.1. The molecule has 0 saturated carbocycles. The number of carbonyl (C=O) groups is 1. The van der Waals surface area contributed by atoms with Crippen LogP contribution in [0, 0.1) is 23.1 Å². The molecule has 2 atom stereocenters. The highest BCUT2D eigenvalue weighted by Crippen LogP contribution is 2.42. The number of pyridine rings is 1. The molecule has 2 aromatic heterocycles. The van der Waals surface area contributed by atoms with E-state index in [0.717, 1.165) is 36.5 Å². The molecule has 0 saturated heterocycles. The van der Waals surface area contributed by atoms with Crippen LogP contribution < -0.4 is 0 Å². The van der Waals surface area contributed by atoms with Gasteiger partial charge < -0.3 is 9.88 Å². The zero-order valence-corrected chi connectivity index (χ0v) is 20.5. The first-order chi connectivity index (χ1) is 15.7. The third-order valence-corrected chi connectivity index (χ3v) is 6.89. The second-order valence-corrected chi connectivity index (χ2v) is 14.5. The molecule has 3 aromatic rings. The van der Waals surface area contributed by atoms with E-state index in [9.17, 15) is 13.6 Å². The van der Waals surface area contributed by atoms with E-state index in [-0.39, 0.29) is 17.5 Å². The third-order valence-electron chi connectivity index (χ3n) is 6.02. The molecule has 4 nitrogen and oxygen atoms in total. The topological polar surface area (TPSA) is 49.0 Å². The van der Waals surface area contributed by atoms with E-state index in [1.54, 1.807) is 12.4 Å². The molecule has 3 heterocycles. The Bertz CT molecular complexity index is 1240. The van der Waals surface area contributed by atoms with Crippen LogP contribution in [0.25, 0.3) is 10.9 Å². The van der Waals surface area contributed by atoms with Crippen molar-refractivity contribution in [3.05, 3.63) is 65.1 Å². The highest BCUT2D eigenvalue weighted by atomic mass is 28.3. The zero-order valence-electron chi connectivity index (χ0n) is 19.5. The Morgan fingerprint density at radius 1 is 1.30 bits per heavy atom. The number of fused-ring (bicyclic) bond motifs is 3. The summed E-state index contributed by atoms with van der Waals surface area (Å²) in [5, 5.41) is 0.540. The lowest BCUT2D eigenvalue weighted by molar-refractivity contribution is -0.130. The molecule has 33 heavy (non-hydrogen) atoms. The summed E-state index contributed by atoms with van der Waals surface area (Å²) in [7, 11) is -1.76. The molecule has 1 aromatic carbocycles. The number of amides is 1. The van der Waals surface area contributed by atoms with Crippen molar-refractivity contribution in [3.8, 4) is 11.5 Å². The number of unbranched alkanes of at least 4 members (excludes halogenated alkanes) is 1. The van der Waals surface area contributed by atoms with E-state index in [1.807, 2.05) is 17.0 Å². The first kappa shape index (κ1) is 23.2. The van der Waals surface area contributed by atoms with Crippen LogP contribution in [-0.4, -0.2) is 34.9 Å². The molecular formula is C26H29F2N3OSi. The molecule has 0 unspecified atom stereocenters. The Kier molecular flexibility index (Phi) is 6.40. The van der Waals surface area contributed by atoms with Gasteiger partial charge in [0.2, 0.25) is 0 Å². The van der Waals surface area contributed by atoms with Gasteiger partial charge >= 0.3 is 0 Å². The number of H-pyrrole nitrogens is 1. The van der Waals surface area contributed by atoms with Gasteiger partial charge in [0.25, 0.3) is 5.91 Å². The molecule has 0 aliphatic carbocycles. The lowest BCUT2D eigenvalue weighted by Gasteiger charge is -2.41. The zero-order chi connectivity index (χ0) is 23.8. The Labute approximate surface area is 194 Å². The van der Waals surface area contributed by atoms with Crippen molar-refractivity contribution in [1.82, 2.24) is 14.9 Å². The van der Waals surface area contributed by atoms with E-state index in [0.29, 0.717) is 17.5 Å². The summed E-state index contributed by atoms with van der Waals surface area (Å²) < 4.78 is 28.8. The summed E-state index contributed by atoms with van der Waals surface area (Å²) in [6.45, 7) is 8.41. The number of rotatable bonds is 4. The molecule has 0 radical (unpaired) electrons. The third kappa shape index (κ3) is 4.72. The number of nitrogens with zero attached hydrogens (tertiary/aromatic N) is 2. The Morgan fingerprint density at radius 2 is 2.09 bits per heavy atom. The number of nitrogens with one attached hydrogen (secondary N) is 1. The molecule has 1 aliphatic rings.